The third-order valence-electron chi connectivity index (χ3n) is 7.58. The van der Waals surface area contributed by atoms with E-state index in [2.05, 4.69) is 5.32 Å². The van der Waals surface area contributed by atoms with Crippen molar-refractivity contribution in [2.75, 3.05) is 10.8 Å². The van der Waals surface area contributed by atoms with Gasteiger partial charge in [0.15, 0.2) is 0 Å². The molecule has 1 aliphatic carbocycles. The van der Waals surface area contributed by atoms with E-state index < -0.39 is 28.5 Å². The molecule has 0 unspecified atom stereocenters. The summed E-state index contributed by atoms with van der Waals surface area (Å²) in [5.41, 5.74) is 2.56. The van der Waals surface area contributed by atoms with Crippen molar-refractivity contribution in [1.29, 1.82) is 0 Å². The van der Waals surface area contributed by atoms with Crippen molar-refractivity contribution in [3.63, 3.8) is 0 Å². The Labute approximate surface area is 258 Å². The molecule has 0 heterocycles. The van der Waals surface area contributed by atoms with E-state index in [0.717, 1.165) is 41.1 Å². The van der Waals surface area contributed by atoms with Crippen molar-refractivity contribution < 1.29 is 18.0 Å². The Bertz CT molecular complexity index is 1490. The van der Waals surface area contributed by atoms with Crippen LogP contribution in [0.3, 0.4) is 0 Å². The number of benzene rings is 3. The lowest BCUT2D eigenvalue weighted by Crippen LogP contribution is -2.53. The first kappa shape index (κ1) is 31.9. The first-order chi connectivity index (χ1) is 20.0. The van der Waals surface area contributed by atoms with Crippen molar-refractivity contribution in [1.82, 2.24) is 10.2 Å². The normalized spacial score (nSPS) is 14.4. The minimum Gasteiger partial charge on any atom is -0.352 e. The highest BCUT2D eigenvalue weighted by molar-refractivity contribution is 7.92. The summed E-state index contributed by atoms with van der Waals surface area (Å²) in [6.45, 7) is 5.00. The molecule has 0 bridgehead atoms. The number of hydrogen-bond acceptors (Lipinski definition) is 4. The lowest BCUT2D eigenvalue weighted by molar-refractivity contribution is -0.140. The van der Waals surface area contributed by atoms with Gasteiger partial charge in [-0.15, -0.1) is 0 Å². The maximum absolute atomic E-state index is 14.3. The second-order valence-corrected chi connectivity index (χ2v) is 13.5. The molecule has 1 N–H and O–H groups in total. The maximum atomic E-state index is 14.3. The highest BCUT2D eigenvalue weighted by atomic mass is 35.5. The zero-order chi connectivity index (χ0) is 30.4. The van der Waals surface area contributed by atoms with Crippen molar-refractivity contribution in [2.24, 2.45) is 0 Å². The van der Waals surface area contributed by atoms with Gasteiger partial charge < -0.3 is 10.2 Å². The zero-order valence-electron chi connectivity index (χ0n) is 24.1. The Morgan fingerprint density at radius 3 is 2.10 bits per heavy atom. The van der Waals surface area contributed by atoms with Gasteiger partial charge in [0, 0.05) is 28.2 Å². The van der Waals surface area contributed by atoms with Gasteiger partial charge in [-0.05, 0) is 80.6 Å². The number of halogens is 2. The third kappa shape index (κ3) is 7.46. The smallest absolute Gasteiger partial charge is 0.264 e. The van der Waals surface area contributed by atoms with E-state index in [1.54, 1.807) is 48.5 Å². The number of nitrogens with one attached hydrogen (secondary N) is 1. The molecule has 0 aliphatic heterocycles. The van der Waals surface area contributed by atoms with Crippen LogP contribution in [0, 0.1) is 13.8 Å². The van der Waals surface area contributed by atoms with Crippen LogP contribution < -0.4 is 9.62 Å². The molecule has 1 atom stereocenters. The van der Waals surface area contributed by atoms with Crippen LogP contribution in [0.5, 0.6) is 0 Å². The molecule has 4 rings (SSSR count). The first-order valence-corrected chi connectivity index (χ1v) is 16.4. The van der Waals surface area contributed by atoms with Crippen LogP contribution in [-0.4, -0.2) is 43.8 Å². The van der Waals surface area contributed by atoms with E-state index in [1.165, 1.54) is 17.0 Å². The van der Waals surface area contributed by atoms with Gasteiger partial charge in [-0.2, -0.15) is 0 Å². The van der Waals surface area contributed by atoms with E-state index in [1.807, 2.05) is 26.8 Å². The molecule has 7 nitrogen and oxygen atoms in total. The highest BCUT2D eigenvalue weighted by Gasteiger charge is 2.35. The molecule has 1 fully saturated rings. The average Bonchev–Trinajstić information content (AvgIpc) is 3.46. The minimum absolute atomic E-state index is 0.0534. The summed E-state index contributed by atoms with van der Waals surface area (Å²) >= 11 is 13.0. The SMILES string of the molecule is CC[C@@H](C(=O)NC1CCCC1)N(Cc1c(Cl)cccc1Cl)C(=O)CN(c1cc(C)cc(C)c1)S(=O)(=O)c1ccccc1. The van der Waals surface area contributed by atoms with Crippen molar-refractivity contribution in [2.45, 2.75) is 76.4 Å². The molecule has 0 saturated heterocycles. The van der Waals surface area contributed by atoms with Gasteiger partial charge in [-0.3, -0.25) is 13.9 Å². The van der Waals surface area contributed by atoms with Crippen LogP contribution in [0.2, 0.25) is 10.0 Å². The molecular formula is C32H37Cl2N3O4S. The van der Waals surface area contributed by atoms with Gasteiger partial charge in [0.1, 0.15) is 12.6 Å². The highest BCUT2D eigenvalue weighted by Crippen LogP contribution is 2.30. The second kappa shape index (κ2) is 13.9. The predicted molar refractivity (Wildman–Crippen MR) is 168 cm³/mol. The molecule has 10 heteroatoms. The van der Waals surface area contributed by atoms with Crippen LogP contribution in [0.4, 0.5) is 5.69 Å². The number of hydrogen-bond donors (Lipinski definition) is 1. The Morgan fingerprint density at radius 1 is 0.929 bits per heavy atom. The summed E-state index contributed by atoms with van der Waals surface area (Å²) in [7, 11) is -4.14. The van der Waals surface area contributed by atoms with Crippen LogP contribution in [-0.2, 0) is 26.2 Å². The van der Waals surface area contributed by atoms with Crippen molar-refractivity contribution in [3.8, 4) is 0 Å². The number of amides is 2. The molecule has 0 aromatic heterocycles. The Kier molecular flexibility index (Phi) is 10.6. The monoisotopic (exact) mass is 629 g/mol. The van der Waals surface area contributed by atoms with Gasteiger partial charge in [-0.1, -0.05) is 73.3 Å². The summed E-state index contributed by atoms with van der Waals surface area (Å²) < 4.78 is 29.2. The van der Waals surface area contributed by atoms with Crippen molar-refractivity contribution >= 4 is 50.7 Å². The fraction of sp³-hybridized carbons (Fsp3) is 0.375. The van der Waals surface area contributed by atoms with E-state index in [-0.39, 0.29) is 23.4 Å². The third-order valence-corrected chi connectivity index (χ3v) is 10.1. The molecule has 224 valence electrons. The van der Waals surface area contributed by atoms with E-state index in [0.29, 0.717) is 27.7 Å². The van der Waals surface area contributed by atoms with Gasteiger partial charge in [0.2, 0.25) is 11.8 Å². The fourth-order valence-electron chi connectivity index (χ4n) is 5.48. The summed E-state index contributed by atoms with van der Waals surface area (Å²) in [6, 6.07) is 17.7. The zero-order valence-corrected chi connectivity index (χ0v) is 26.5. The molecule has 0 radical (unpaired) electrons. The van der Waals surface area contributed by atoms with Gasteiger partial charge >= 0.3 is 0 Å². The van der Waals surface area contributed by atoms with Crippen LogP contribution in [0.15, 0.2) is 71.6 Å². The molecule has 3 aromatic carbocycles. The number of aryl methyl sites for hydroxylation is 2. The molecule has 1 aliphatic rings. The fourth-order valence-corrected chi connectivity index (χ4v) is 7.42. The molecule has 0 spiro atoms. The number of anilines is 1. The maximum Gasteiger partial charge on any atom is 0.264 e. The van der Waals surface area contributed by atoms with Gasteiger partial charge in [0.25, 0.3) is 10.0 Å². The summed E-state index contributed by atoms with van der Waals surface area (Å²) in [5, 5.41) is 3.82. The Balaban J connectivity index is 1.76. The number of carbonyl (C=O) groups excluding carboxylic acids is 2. The largest absolute Gasteiger partial charge is 0.352 e. The standard InChI is InChI=1S/C32H37Cl2N3O4S/c1-4-30(32(39)35-24-11-8-9-12-24)36(20-27-28(33)15-10-16-29(27)34)31(38)21-37(25-18-22(2)17-23(3)19-25)42(40,41)26-13-6-5-7-14-26/h5-7,10,13-19,24,30H,4,8-9,11-12,20-21H2,1-3H3,(H,35,39)/t30-/m0/s1. The van der Waals surface area contributed by atoms with Gasteiger partial charge in [0.05, 0.1) is 10.6 Å². The topological polar surface area (TPSA) is 86.8 Å². The van der Waals surface area contributed by atoms with E-state index in [9.17, 15) is 18.0 Å². The van der Waals surface area contributed by atoms with E-state index >= 15 is 0 Å². The minimum atomic E-state index is -4.14. The van der Waals surface area contributed by atoms with Crippen LogP contribution in [0.25, 0.3) is 0 Å². The summed E-state index contributed by atoms with van der Waals surface area (Å²) in [5.74, 6) is -0.817. The summed E-state index contributed by atoms with van der Waals surface area (Å²) in [4.78, 5) is 29.4. The molecule has 1 saturated carbocycles. The average molecular weight is 631 g/mol. The molecule has 42 heavy (non-hydrogen) atoms. The predicted octanol–water partition coefficient (Wildman–Crippen LogP) is 6.67. The first-order valence-electron chi connectivity index (χ1n) is 14.2. The van der Waals surface area contributed by atoms with E-state index in [4.69, 9.17) is 23.2 Å². The molecular weight excluding hydrogens is 593 g/mol. The second-order valence-electron chi connectivity index (χ2n) is 10.8. The number of nitrogens with zero attached hydrogens (tertiary/aromatic N) is 2. The number of rotatable bonds is 11. The molecule has 3 aromatic rings. The number of carbonyl (C=O) groups is 2. The van der Waals surface area contributed by atoms with Crippen LogP contribution >= 0.6 is 23.2 Å². The van der Waals surface area contributed by atoms with Gasteiger partial charge in [-0.25, -0.2) is 8.42 Å². The quantitative estimate of drug-likeness (QED) is 0.256. The summed E-state index contributed by atoms with van der Waals surface area (Å²) in [6.07, 6.45) is 4.19. The molecule has 2 amide bonds. The number of sulfonamides is 1. The lowest BCUT2D eigenvalue weighted by Gasteiger charge is -2.34. The van der Waals surface area contributed by atoms with Crippen molar-refractivity contribution in [3.05, 3.63) is 93.5 Å². The lowest BCUT2D eigenvalue weighted by atomic mass is 10.1. The van der Waals surface area contributed by atoms with Crippen LogP contribution in [0.1, 0.15) is 55.7 Å². The Hall–Kier alpha value is -3.07. The Morgan fingerprint density at radius 2 is 1.52 bits per heavy atom.